The monoisotopic (exact) mass is 316 g/mol. The van der Waals surface area contributed by atoms with Gasteiger partial charge in [0.15, 0.2) is 6.54 Å². The first kappa shape index (κ1) is 19.1. The van der Waals surface area contributed by atoms with Gasteiger partial charge in [0.2, 0.25) is 0 Å². The Morgan fingerprint density at radius 2 is 1.87 bits per heavy atom. The molecule has 1 amide bonds. The first-order valence-corrected chi connectivity index (χ1v) is 8.28. The molecular weight excluding hydrogens is 286 g/mol. The molecule has 4 heteroatoms. The van der Waals surface area contributed by atoms with Crippen LogP contribution in [-0.4, -0.2) is 44.3 Å². The lowest BCUT2D eigenvalue weighted by Crippen LogP contribution is -2.43. The van der Waals surface area contributed by atoms with E-state index >= 15 is 0 Å². The van der Waals surface area contributed by atoms with E-state index in [2.05, 4.69) is 35.7 Å². The molecule has 0 spiro atoms. The third-order valence-corrected chi connectivity index (χ3v) is 3.26. The van der Waals surface area contributed by atoms with E-state index in [-0.39, 0.29) is 5.91 Å². The first-order chi connectivity index (χ1) is 10.9. The fourth-order valence-corrected chi connectivity index (χ4v) is 2.17. The van der Waals surface area contributed by atoms with E-state index in [1.54, 1.807) is 6.21 Å². The number of nitrogens with zero attached hydrogens (tertiary/aromatic N) is 2. The number of benzene rings is 1. The van der Waals surface area contributed by atoms with Gasteiger partial charge in [0.25, 0.3) is 5.91 Å². The van der Waals surface area contributed by atoms with Gasteiger partial charge in [-0.1, -0.05) is 56.2 Å². The highest BCUT2D eigenvalue weighted by atomic mass is 16.2. The lowest BCUT2D eigenvalue weighted by molar-refractivity contribution is -0.862. The van der Waals surface area contributed by atoms with Crippen LogP contribution in [-0.2, 0) is 4.79 Å². The number of rotatable bonds is 9. The smallest absolute Gasteiger partial charge is 0.295 e. The molecule has 0 radical (unpaired) electrons. The van der Waals surface area contributed by atoms with Gasteiger partial charge in [0.1, 0.15) is 0 Å². The summed E-state index contributed by atoms with van der Waals surface area (Å²) >= 11 is 0. The van der Waals surface area contributed by atoms with Gasteiger partial charge in [0, 0.05) is 0 Å². The summed E-state index contributed by atoms with van der Waals surface area (Å²) in [4.78, 5) is 11.8. The van der Waals surface area contributed by atoms with Crippen molar-refractivity contribution in [2.45, 2.75) is 32.6 Å². The van der Waals surface area contributed by atoms with E-state index < -0.39 is 0 Å². The molecule has 1 rings (SSSR count). The Labute approximate surface area is 140 Å². The fraction of sp³-hybridized carbons (Fsp3) is 0.474. The number of amides is 1. The predicted octanol–water partition coefficient (Wildman–Crippen LogP) is 3.46. The van der Waals surface area contributed by atoms with E-state index in [0.29, 0.717) is 11.0 Å². The number of quaternary nitrogens is 1. The van der Waals surface area contributed by atoms with Crippen LogP contribution in [0, 0.1) is 0 Å². The number of hydrazone groups is 1. The van der Waals surface area contributed by atoms with E-state index in [1.165, 1.54) is 12.8 Å². The van der Waals surface area contributed by atoms with Crippen molar-refractivity contribution in [2.24, 2.45) is 5.10 Å². The minimum atomic E-state index is -0.0682. The van der Waals surface area contributed by atoms with Crippen LogP contribution in [0.3, 0.4) is 0 Å². The topological polar surface area (TPSA) is 41.5 Å². The van der Waals surface area contributed by atoms with Gasteiger partial charge in [-0.3, -0.25) is 4.79 Å². The van der Waals surface area contributed by atoms with Gasteiger partial charge in [-0.25, -0.2) is 5.43 Å². The minimum Gasteiger partial charge on any atom is -0.323 e. The third kappa shape index (κ3) is 9.63. The van der Waals surface area contributed by atoms with Crippen molar-refractivity contribution in [3.05, 3.63) is 41.5 Å². The van der Waals surface area contributed by atoms with Crippen molar-refractivity contribution in [2.75, 3.05) is 27.7 Å². The van der Waals surface area contributed by atoms with Crippen LogP contribution in [0.15, 0.2) is 41.0 Å². The Kier molecular flexibility index (Phi) is 8.27. The number of allylic oxidation sites excluding steroid dienone is 1. The number of hydrogen-bond donors (Lipinski definition) is 1. The van der Waals surface area contributed by atoms with Crippen molar-refractivity contribution < 1.29 is 9.28 Å². The second kappa shape index (κ2) is 9.95. The summed E-state index contributed by atoms with van der Waals surface area (Å²) in [5.74, 6) is -0.0682. The molecule has 0 fully saturated rings. The van der Waals surface area contributed by atoms with Gasteiger partial charge in [-0.15, -0.1) is 0 Å². The highest BCUT2D eigenvalue weighted by Gasteiger charge is 2.13. The van der Waals surface area contributed by atoms with Crippen molar-refractivity contribution in [3.8, 4) is 0 Å². The lowest BCUT2D eigenvalue weighted by atomic mass is 10.1. The summed E-state index contributed by atoms with van der Waals surface area (Å²) in [6.07, 6.45) is 8.40. The summed E-state index contributed by atoms with van der Waals surface area (Å²) in [6.45, 7) is 2.60. The number of likely N-dealkylation sites (N-methyl/N-ethyl adjacent to an activating group) is 1. The molecule has 1 aromatic rings. The second-order valence-corrected chi connectivity index (χ2v) is 6.83. The van der Waals surface area contributed by atoms with E-state index in [9.17, 15) is 4.79 Å². The zero-order chi connectivity index (χ0) is 17.1. The van der Waals surface area contributed by atoms with Crippen LogP contribution in [0.2, 0.25) is 0 Å². The molecule has 0 aliphatic carbocycles. The molecule has 1 aromatic carbocycles. The van der Waals surface area contributed by atoms with Gasteiger partial charge in [0.05, 0.1) is 27.4 Å². The van der Waals surface area contributed by atoms with Crippen molar-refractivity contribution in [1.82, 2.24) is 5.43 Å². The Morgan fingerprint density at radius 1 is 1.17 bits per heavy atom. The van der Waals surface area contributed by atoms with E-state index in [4.69, 9.17) is 0 Å². The van der Waals surface area contributed by atoms with E-state index in [0.717, 1.165) is 24.0 Å². The van der Waals surface area contributed by atoms with Crippen molar-refractivity contribution in [3.63, 3.8) is 0 Å². The molecular formula is C19H30N3O+. The highest BCUT2D eigenvalue weighted by Crippen LogP contribution is 2.12. The summed E-state index contributed by atoms with van der Waals surface area (Å²) < 4.78 is 0.588. The maximum absolute atomic E-state index is 11.8. The molecule has 0 atom stereocenters. The molecule has 0 bridgehead atoms. The number of carbonyl (C=O) groups excluding carboxylic acids is 1. The van der Waals surface area contributed by atoms with Crippen molar-refractivity contribution >= 4 is 18.2 Å². The number of unbranched alkanes of at least 4 members (excludes halogenated alkanes) is 2. The van der Waals surface area contributed by atoms with Crippen LogP contribution >= 0.6 is 0 Å². The predicted molar refractivity (Wildman–Crippen MR) is 98.1 cm³/mol. The quantitative estimate of drug-likeness (QED) is 0.322. The molecule has 1 N–H and O–H groups in total. The molecule has 4 nitrogen and oxygen atoms in total. The fourth-order valence-electron chi connectivity index (χ4n) is 2.17. The average molecular weight is 316 g/mol. The summed E-state index contributed by atoms with van der Waals surface area (Å²) in [5.41, 5.74) is 4.91. The zero-order valence-corrected chi connectivity index (χ0v) is 14.9. The molecule has 0 aliphatic rings. The second-order valence-electron chi connectivity index (χ2n) is 6.83. The zero-order valence-electron chi connectivity index (χ0n) is 14.9. The number of carbonyl (C=O) groups is 1. The van der Waals surface area contributed by atoms with Crippen molar-refractivity contribution in [1.29, 1.82) is 0 Å². The molecule has 0 aliphatic heterocycles. The molecule has 0 unspecified atom stereocenters. The van der Waals surface area contributed by atoms with Crippen LogP contribution < -0.4 is 5.43 Å². The van der Waals surface area contributed by atoms with Gasteiger partial charge >= 0.3 is 0 Å². The molecule has 23 heavy (non-hydrogen) atoms. The highest BCUT2D eigenvalue weighted by molar-refractivity contribution is 5.86. The largest absolute Gasteiger partial charge is 0.323 e. The maximum Gasteiger partial charge on any atom is 0.295 e. The number of hydrogen-bond acceptors (Lipinski definition) is 2. The maximum atomic E-state index is 11.8. The Hall–Kier alpha value is -1.94. The van der Waals surface area contributed by atoms with E-state index in [1.807, 2.05) is 39.3 Å². The molecule has 0 aromatic heterocycles. The molecule has 0 saturated carbocycles. The minimum absolute atomic E-state index is 0.0682. The molecule has 0 heterocycles. The lowest BCUT2D eigenvalue weighted by Gasteiger charge is -2.22. The van der Waals surface area contributed by atoms with Gasteiger partial charge < -0.3 is 4.48 Å². The van der Waals surface area contributed by atoms with Crippen LogP contribution in [0.4, 0.5) is 0 Å². The van der Waals surface area contributed by atoms with Crippen LogP contribution in [0.1, 0.15) is 38.2 Å². The molecule has 126 valence electrons. The van der Waals surface area contributed by atoms with Gasteiger partial charge in [-0.2, -0.15) is 5.10 Å². The Morgan fingerprint density at radius 3 is 2.48 bits per heavy atom. The third-order valence-electron chi connectivity index (χ3n) is 3.26. The van der Waals surface area contributed by atoms with Gasteiger partial charge in [-0.05, 0) is 24.0 Å². The normalized spacial score (nSPS) is 12.6. The standard InChI is InChI=1S/C19H29N3O/c1-5-6-8-13-18(14-17-11-9-7-10-12-17)15-20-21-19(23)16-22(2,3)4/h7,9-12,14-15H,5-6,8,13,16H2,1-4H3/p+1/b18-14+,20-15-. The Balaban J connectivity index is 2.67. The molecule has 0 saturated heterocycles. The summed E-state index contributed by atoms with van der Waals surface area (Å²) in [6, 6.07) is 10.2. The summed E-state index contributed by atoms with van der Waals surface area (Å²) in [7, 11) is 5.94. The Bertz CT molecular complexity index is 527. The van der Waals surface area contributed by atoms with Crippen LogP contribution in [0.25, 0.3) is 6.08 Å². The number of nitrogens with one attached hydrogen (secondary N) is 1. The average Bonchev–Trinajstić information content (AvgIpc) is 2.46. The SMILES string of the molecule is CCCCCC(/C=N\NC(=O)C[N+](C)(C)C)=C\c1ccccc1. The first-order valence-electron chi connectivity index (χ1n) is 8.28. The summed E-state index contributed by atoms with van der Waals surface area (Å²) in [5, 5.41) is 4.13. The van der Waals surface area contributed by atoms with Crippen LogP contribution in [0.5, 0.6) is 0 Å².